The van der Waals surface area contributed by atoms with Gasteiger partial charge < -0.3 is 39.0 Å². The molecule has 0 aromatic heterocycles. The van der Waals surface area contributed by atoms with Gasteiger partial charge in [-0.1, -0.05) is 208 Å². The maximum Gasteiger partial charge on any atom is 0.335 e. The van der Waals surface area contributed by atoms with E-state index in [1.807, 2.05) is 0 Å². The summed E-state index contributed by atoms with van der Waals surface area (Å²) in [6.07, 6.45) is 56.6. The molecule has 6 unspecified atom stereocenters. The molecule has 3 N–H and O–H groups in total. The maximum atomic E-state index is 13.2. The van der Waals surface area contributed by atoms with Crippen molar-refractivity contribution in [2.75, 3.05) is 13.2 Å². The topological polar surface area (TPSA) is 175 Å². The van der Waals surface area contributed by atoms with E-state index in [9.17, 15) is 34.5 Å². The van der Waals surface area contributed by atoms with E-state index >= 15 is 0 Å². The molecule has 438 valence electrons. The van der Waals surface area contributed by atoms with Gasteiger partial charge in [0.25, 0.3) is 0 Å². The van der Waals surface area contributed by atoms with Crippen LogP contribution < -0.4 is 0 Å². The number of aliphatic carboxylic acids is 1. The van der Waals surface area contributed by atoms with Crippen LogP contribution in [0.4, 0.5) is 0 Å². The van der Waals surface area contributed by atoms with Crippen LogP contribution in [0, 0.1) is 0 Å². The van der Waals surface area contributed by atoms with Crippen LogP contribution in [-0.4, -0.2) is 89.2 Å². The Morgan fingerprint density at radius 3 is 1.26 bits per heavy atom. The molecule has 77 heavy (non-hydrogen) atoms. The number of hydrogen-bond acceptors (Lipinski definition) is 11. The lowest BCUT2D eigenvalue weighted by atomic mass is 9.98. The summed E-state index contributed by atoms with van der Waals surface area (Å²) < 4.78 is 28.4. The first-order valence-electron chi connectivity index (χ1n) is 30.2. The third-order valence-corrected chi connectivity index (χ3v) is 13.1. The van der Waals surface area contributed by atoms with E-state index in [1.165, 1.54) is 12.8 Å². The first-order chi connectivity index (χ1) is 37.6. The Bertz CT molecular complexity index is 1710. The maximum absolute atomic E-state index is 13.2. The van der Waals surface area contributed by atoms with Crippen molar-refractivity contribution in [3.05, 3.63) is 97.2 Å². The zero-order chi connectivity index (χ0) is 56.1. The summed E-state index contributed by atoms with van der Waals surface area (Å²) in [6.45, 7) is 5.70. The van der Waals surface area contributed by atoms with Crippen molar-refractivity contribution in [1.82, 2.24) is 0 Å². The molecular formula is C65H106O12. The Hall–Kier alpha value is -4.36. The Kier molecular flexibility index (Phi) is 48.0. The number of unbranched alkanes of at least 4 members (excludes halogenated alkanes) is 20. The van der Waals surface area contributed by atoms with Crippen molar-refractivity contribution >= 4 is 23.9 Å². The highest BCUT2D eigenvalue weighted by Crippen LogP contribution is 2.26. The molecule has 1 aliphatic heterocycles. The van der Waals surface area contributed by atoms with E-state index < -0.39 is 67.3 Å². The Morgan fingerprint density at radius 1 is 0.442 bits per heavy atom. The van der Waals surface area contributed by atoms with Gasteiger partial charge in [-0.15, -0.1) is 0 Å². The predicted molar refractivity (Wildman–Crippen MR) is 312 cm³/mol. The minimum absolute atomic E-state index is 0.0436. The smallest absolute Gasteiger partial charge is 0.335 e. The fraction of sp³-hybridized carbons (Fsp3) is 0.692. The van der Waals surface area contributed by atoms with Crippen LogP contribution >= 0.6 is 0 Å². The van der Waals surface area contributed by atoms with Crippen LogP contribution in [0.5, 0.6) is 0 Å². The van der Waals surface area contributed by atoms with Crippen LogP contribution in [0.15, 0.2) is 97.2 Å². The summed E-state index contributed by atoms with van der Waals surface area (Å²) in [7, 11) is 0. The second kappa shape index (κ2) is 52.3. The van der Waals surface area contributed by atoms with Gasteiger partial charge in [0.05, 0.1) is 6.61 Å². The number of rotatable bonds is 50. The van der Waals surface area contributed by atoms with Crippen molar-refractivity contribution in [1.29, 1.82) is 0 Å². The molecule has 0 spiro atoms. The molecule has 0 aromatic rings. The van der Waals surface area contributed by atoms with Gasteiger partial charge in [0.2, 0.25) is 0 Å². The summed E-state index contributed by atoms with van der Waals surface area (Å²) in [5.74, 6) is -3.17. The van der Waals surface area contributed by atoms with E-state index in [-0.39, 0.29) is 25.9 Å². The van der Waals surface area contributed by atoms with E-state index in [4.69, 9.17) is 23.7 Å². The highest BCUT2D eigenvalue weighted by molar-refractivity contribution is 5.74. The third-order valence-electron chi connectivity index (χ3n) is 13.1. The summed E-state index contributed by atoms with van der Waals surface area (Å²) in [5, 5.41) is 31.5. The lowest BCUT2D eigenvalue weighted by Gasteiger charge is -2.40. The fourth-order valence-corrected chi connectivity index (χ4v) is 8.53. The lowest BCUT2D eigenvalue weighted by molar-refractivity contribution is -0.301. The second-order valence-electron chi connectivity index (χ2n) is 20.2. The zero-order valence-corrected chi connectivity index (χ0v) is 48.2. The number of allylic oxidation sites excluding steroid dienone is 16. The van der Waals surface area contributed by atoms with Gasteiger partial charge in [-0.25, -0.2) is 4.79 Å². The number of carboxylic acids is 1. The van der Waals surface area contributed by atoms with Crippen molar-refractivity contribution in [3.8, 4) is 0 Å². The molecule has 6 atom stereocenters. The van der Waals surface area contributed by atoms with Gasteiger partial charge in [0.15, 0.2) is 24.6 Å². The zero-order valence-electron chi connectivity index (χ0n) is 48.2. The van der Waals surface area contributed by atoms with E-state index in [0.717, 1.165) is 167 Å². The monoisotopic (exact) mass is 1080 g/mol. The van der Waals surface area contributed by atoms with Crippen molar-refractivity contribution in [2.24, 2.45) is 0 Å². The van der Waals surface area contributed by atoms with Crippen molar-refractivity contribution < 1.29 is 58.2 Å². The molecular weight excluding hydrogens is 973 g/mol. The highest BCUT2D eigenvalue weighted by atomic mass is 16.7. The summed E-state index contributed by atoms with van der Waals surface area (Å²) in [5.41, 5.74) is 0. The standard InChI is InChI=1S/C65H106O12/c1-4-7-10-13-16-19-22-24-26-28-29-31-32-34-37-39-42-45-48-51-57(66)73-54-56(75-58(67)52-49-46-43-41-38-35-33-30-27-25-23-20-17-14-11-8-5-2)55-74-65-63(61(70)60(69)62(77-65)64(71)72)76-59(68)53-50-47-44-40-36-21-18-15-12-9-6-3/h7-8,10-11,15-20,24-27,29,31,56,60-63,65,69-70H,4-6,9,12-14,21-23,28,30,32-55H2,1-3H3,(H,71,72)/b10-7-,11-8-,18-15-,19-16-,20-17-,26-24-,27-25-,31-29-. The first kappa shape index (κ1) is 70.7. The van der Waals surface area contributed by atoms with E-state index in [2.05, 4.69) is 118 Å². The van der Waals surface area contributed by atoms with Gasteiger partial charge in [-0.05, 0) is 109 Å². The Balaban J connectivity index is 2.69. The molecule has 12 nitrogen and oxygen atoms in total. The number of aliphatic hydroxyl groups excluding tert-OH is 2. The molecule has 1 heterocycles. The normalized spacial score (nSPS) is 18.7. The van der Waals surface area contributed by atoms with Crippen LogP contribution in [-0.2, 0) is 42.9 Å². The molecule has 1 aliphatic rings. The van der Waals surface area contributed by atoms with Crippen LogP contribution in [0.1, 0.15) is 239 Å². The third kappa shape index (κ3) is 42.3. The van der Waals surface area contributed by atoms with E-state index in [1.54, 1.807) is 0 Å². The van der Waals surface area contributed by atoms with Gasteiger partial charge in [-0.2, -0.15) is 0 Å². The average molecular weight is 1080 g/mol. The summed E-state index contributed by atoms with van der Waals surface area (Å²) in [4.78, 5) is 51.1. The molecule has 12 heteroatoms. The number of hydrogen-bond donors (Lipinski definition) is 3. The average Bonchev–Trinajstić information content (AvgIpc) is 3.42. The molecule has 1 saturated heterocycles. The number of ether oxygens (including phenoxy) is 5. The number of esters is 3. The Labute approximate surface area is 466 Å². The van der Waals surface area contributed by atoms with Gasteiger partial charge in [-0.3, -0.25) is 14.4 Å². The van der Waals surface area contributed by atoms with Crippen LogP contribution in [0.3, 0.4) is 0 Å². The molecule has 0 radical (unpaired) electrons. The molecule has 0 bridgehead atoms. The lowest BCUT2D eigenvalue weighted by Crippen LogP contribution is -2.61. The molecule has 0 saturated carbocycles. The van der Waals surface area contributed by atoms with Crippen LogP contribution in [0.25, 0.3) is 0 Å². The minimum atomic E-state index is -1.91. The quantitative estimate of drug-likeness (QED) is 0.0228. The largest absolute Gasteiger partial charge is 0.479 e. The SMILES string of the molecule is CC/C=C\C/C=C\C/C=C\C/C=C\CCCCCCCCC(=O)OCC(COC1OC(C(=O)O)C(O)C(O)C1OC(=O)CCCCCCC/C=C\CCCC)OC(=O)CCCCCCCCC/C=C\C/C=C\C/C=C\CC. The predicted octanol–water partition coefficient (Wildman–Crippen LogP) is 15.7. The van der Waals surface area contributed by atoms with Gasteiger partial charge in [0, 0.05) is 19.3 Å². The molecule has 0 aromatic carbocycles. The molecule has 1 rings (SSSR count). The fourth-order valence-electron chi connectivity index (χ4n) is 8.53. The van der Waals surface area contributed by atoms with Gasteiger partial charge >= 0.3 is 23.9 Å². The van der Waals surface area contributed by atoms with Crippen LogP contribution in [0.2, 0.25) is 0 Å². The van der Waals surface area contributed by atoms with Crippen molar-refractivity contribution in [2.45, 2.75) is 276 Å². The van der Waals surface area contributed by atoms with E-state index in [0.29, 0.717) is 19.3 Å². The summed E-state index contributed by atoms with van der Waals surface area (Å²) >= 11 is 0. The molecule has 1 fully saturated rings. The van der Waals surface area contributed by atoms with Crippen molar-refractivity contribution in [3.63, 3.8) is 0 Å². The number of carboxylic acid groups (broad SMARTS) is 1. The van der Waals surface area contributed by atoms with Gasteiger partial charge in [0.1, 0.15) is 18.8 Å². The number of aliphatic hydroxyl groups is 2. The first-order valence-corrected chi connectivity index (χ1v) is 30.2. The number of carbonyl (C=O) groups is 4. The molecule has 0 amide bonds. The summed E-state index contributed by atoms with van der Waals surface area (Å²) in [6, 6.07) is 0. The Morgan fingerprint density at radius 2 is 0.818 bits per heavy atom. The molecule has 0 aliphatic carbocycles. The highest BCUT2D eigenvalue weighted by Gasteiger charge is 2.50. The minimum Gasteiger partial charge on any atom is -0.479 e. The second-order valence-corrected chi connectivity index (χ2v) is 20.2. The number of carbonyl (C=O) groups excluding carboxylic acids is 3.